The lowest BCUT2D eigenvalue weighted by molar-refractivity contribution is 0.193. The van der Waals surface area contributed by atoms with E-state index in [2.05, 4.69) is 35.7 Å². The van der Waals surface area contributed by atoms with Crippen LogP contribution in [0.2, 0.25) is 0 Å². The van der Waals surface area contributed by atoms with Crippen LogP contribution in [0.15, 0.2) is 0 Å². The average Bonchev–Trinajstić information content (AvgIpc) is 2.84. The van der Waals surface area contributed by atoms with Crippen molar-refractivity contribution in [3.8, 4) is 0 Å². The normalized spacial score (nSPS) is 21.6. The van der Waals surface area contributed by atoms with E-state index in [1.807, 2.05) is 0 Å². The minimum absolute atomic E-state index is 0.132. The van der Waals surface area contributed by atoms with Crippen LogP contribution in [0.1, 0.15) is 43.7 Å². The SMILES string of the molecule is CC(C)(C)NCc1snnc1C1CCOC1. The Morgan fingerprint density at radius 2 is 2.31 bits per heavy atom. The Morgan fingerprint density at radius 3 is 2.94 bits per heavy atom. The van der Waals surface area contributed by atoms with Crippen molar-refractivity contribution in [1.29, 1.82) is 0 Å². The predicted octanol–water partition coefficient (Wildman–Crippen LogP) is 1.93. The Balaban J connectivity index is 2.01. The van der Waals surface area contributed by atoms with Gasteiger partial charge in [-0.2, -0.15) is 0 Å². The monoisotopic (exact) mass is 241 g/mol. The highest BCUT2D eigenvalue weighted by Gasteiger charge is 2.24. The number of aromatic nitrogens is 2. The van der Waals surface area contributed by atoms with Gasteiger partial charge in [-0.25, -0.2) is 0 Å². The first-order valence-electron chi connectivity index (χ1n) is 5.70. The maximum Gasteiger partial charge on any atom is 0.0855 e. The van der Waals surface area contributed by atoms with Gasteiger partial charge in [0.25, 0.3) is 0 Å². The molecule has 0 amide bonds. The lowest BCUT2D eigenvalue weighted by Gasteiger charge is -2.20. The number of nitrogens with one attached hydrogen (secondary N) is 1. The van der Waals surface area contributed by atoms with Gasteiger partial charge in [0.1, 0.15) is 0 Å². The summed E-state index contributed by atoms with van der Waals surface area (Å²) in [4.78, 5) is 1.26. The van der Waals surface area contributed by atoms with Crippen molar-refractivity contribution in [1.82, 2.24) is 14.9 Å². The third-order valence-electron chi connectivity index (χ3n) is 2.68. The lowest BCUT2D eigenvalue weighted by Crippen LogP contribution is -2.35. The van der Waals surface area contributed by atoms with Gasteiger partial charge < -0.3 is 10.1 Å². The summed E-state index contributed by atoms with van der Waals surface area (Å²) in [6, 6.07) is 0. The maximum atomic E-state index is 5.40. The van der Waals surface area contributed by atoms with Crippen molar-refractivity contribution < 1.29 is 4.74 Å². The van der Waals surface area contributed by atoms with E-state index in [9.17, 15) is 0 Å². The van der Waals surface area contributed by atoms with Gasteiger partial charge in [0, 0.05) is 24.6 Å². The molecular formula is C11H19N3OS. The minimum atomic E-state index is 0.132. The largest absolute Gasteiger partial charge is 0.381 e. The summed E-state index contributed by atoms with van der Waals surface area (Å²) in [6.07, 6.45) is 1.08. The highest BCUT2D eigenvalue weighted by Crippen LogP contribution is 2.27. The van der Waals surface area contributed by atoms with Crippen LogP contribution in [0.25, 0.3) is 0 Å². The van der Waals surface area contributed by atoms with Crippen molar-refractivity contribution in [3.63, 3.8) is 0 Å². The third-order valence-corrected chi connectivity index (χ3v) is 3.42. The molecule has 2 heterocycles. The molecule has 5 heteroatoms. The second-order valence-corrected chi connectivity index (χ2v) is 6.08. The molecule has 90 valence electrons. The van der Waals surface area contributed by atoms with Gasteiger partial charge in [0.05, 0.1) is 17.2 Å². The molecule has 0 bridgehead atoms. The highest BCUT2D eigenvalue weighted by atomic mass is 32.1. The fourth-order valence-corrected chi connectivity index (χ4v) is 2.41. The summed E-state index contributed by atoms with van der Waals surface area (Å²) in [5.41, 5.74) is 1.27. The molecule has 16 heavy (non-hydrogen) atoms. The molecule has 1 atom stereocenters. The van der Waals surface area contributed by atoms with Gasteiger partial charge >= 0.3 is 0 Å². The van der Waals surface area contributed by atoms with Gasteiger partial charge in [-0.3, -0.25) is 0 Å². The zero-order valence-corrected chi connectivity index (χ0v) is 10.9. The van der Waals surface area contributed by atoms with Crippen LogP contribution in [0, 0.1) is 0 Å². The average molecular weight is 241 g/mol. The van der Waals surface area contributed by atoms with Crippen molar-refractivity contribution in [2.45, 2.75) is 45.2 Å². The predicted molar refractivity (Wildman–Crippen MR) is 64.7 cm³/mol. The summed E-state index contributed by atoms with van der Waals surface area (Å²) in [5, 5.41) is 7.73. The van der Waals surface area contributed by atoms with E-state index in [0.717, 1.165) is 31.9 Å². The van der Waals surface area contributed by atoms with Crippen LogP contribution in [0.3, 0.4) is 0 Å². The first-order valence-corrected chi connectivity index (χ1v) is 6.47. The Hall–Kier alpha value is -0.520. The topological polar surface area (TPSA) is 47.0 Å². The molecular weight excluding hydrogens is 222 g/mol. The van der Waals surface area contributed by atoms with Crippen molar-refractivity contribution in [2.24, 2.45) is 0 Å². The Morgan fingerprint density at radius 1 is 1.50 bits per heavy atom. The lowest BCUT2D eigenvalue weighted by atomic mass is 10.0. The van der Waals surface area contributed by atoms with E-state index < -0.39 is 0 Å². The molecule has 0 aliphatic carbocycles. The van der Waals surface area contributed by atoms with Crippen LogP contribution in [-0.4, -0.2) is 28.3 Å². The smallest absolute Gasteiger partial charge is 0.0855 e. The van der Waals surface area contributed by atoms with Crippen molar-refractivity contribution in [2.75, 3.05) is 13.2 Å². The summed E-state index contributed by atoms with van der Waals surface area (Å²) in [6.45, 7) is 9.01. The van der Waals surface area contributed by atoms with Crippen LogP contribution in [0.4, 0.5) is 0 Å². The molecule has 1 aliphatic heterocycles. The van der Waals surface area contributed by atoms with Crippen LogP contribution >= 0.6 is 11.5 Å². The fourth-order valence-electron chi connectivity index (χ4n) is 1.74. The second kappa shape index (κ2) is 4.77. The summed E-state index contributed by atoms with van der Waals surface area (Å²) in [7, 11) is 0. The van der Waals surface area contributed by atoms with Crippen LogP contribution < -0.4 is 5.32 Å². The van der Waals surface area contributed by atoms with Crippen molar-refractivity contribution in [3.05, 3.63) is 10.6 Å². The third kappa shape index (κ3) is 2.99. The molecule has 1 saturated heterocycles. The molecule has 0 aromatic carbocycles. The number of hydrogen-bond acceptors (Lipinski definition) is 5. The van der Waals surface area contributed by atoms with Crippen molar-refractivity contribution >= 4 is 11.5 Å². The zero-order chi connectivity index (χ0) is 11.6. The van der Waals surface area contributed by atoms with Gasteiger partial charge in [-0.15, -0.1) is 5.10 Å². The molecule has 0 radical (unpaired) electrons. The molecule has 1 N–H and O–H groups in total. The standard InChI is InChI=1S/C11H19N3OS/c1-11(2,3)12-6-9-10(13-14-16-9)8-4-5-15-7-8/h8,12H,4-7H2,1-3H3. The Kier molecular flexibility index (Phi) is 3.56. The molecule has 1 aliphatic rings. The van der Waals surface area contributed by atoms with E-state index >= 15 is 0 Å². The zero-order valence-electron chi connectivity index (χ0n) is 10.1. The van der Waals surface area contributed by atoms with E-state index in [1.165, 1.54) is 16.4 Å². The molecule has 0 spiro atoms. The van der Waals surface area contributed by atoms with E-state index in [-0.39, 0.29) is 5.54 Å². The summed E-state index contributed by atoms with van der Waals surface area (Å²) >= 11 is 1.50. The van der Waals surface area contributed by atoms with Gasteiger partial charge in [-0.1, -0.05) is 4.49 Å². The molecule has 1 unspecified atom stereocenters. The quantitative estimate of drug-likeness (QED) is 0.878. The second-order valence-electron chi connectivity index (χ2n) is 5.25. The fraction of sp³-hybridized carbons (Fsp3) is 0.818. The summed E-state index contributed by atoms with van der Waals surface area (Å²) in [5.74, 6) is 0.454. The molecule has 2 rings (SSSR count). The molecule has 1 fully saturated rings. The number of rotatable bonds is 3. The molecule has 1 aromatic heterocycles. The molecule has 4 nitrogen and oxygen atoms in total. The Bertz CT molecular complexity index is 339. The maximum absolute atomic E-state index is 5.40. The van der Waals surface area contributed by atoms with Gasteiger partial charge in [0.2, 0.25) is 0 Å². The van der Waals surface area contributed by atoms with E-state index in [1.54, 1.807) is 0 Å². The van der Waals surface area contributed by atoms with E-state index in [0.29, 0.717) is 5.92 Å². The number of hydrogen-bond donors (Lipinski definition) is 1. The summed E-state index contributed by atoms with van der Waals surface area (Å²) < 4.78 is 9.46. The number of nitrogens with zero attached hydrogens (tertiary/aromatic N) is 2. The highest BCUT2D eigenvalue weighted by molar-refractivity contribution is 7.05. The number of ether oxygens (including phenoxy) is 1. The first kappa shape index (κ1) is 12.0. The Labute approximate surface area is 101 Å². The molecule has 0 saturated carbocycles. The van der Waals surface area contributed by atoms with Gasteiger partial charge in [0.15, 0.2) is 0 Å². The minimum Gasteiger partial charge on any atom is -0.381 e. The first-order chi connectivity index (χ1) is 7.56. The van der Waals surface area contributed by atoms with Crippen LogP contribution in [0.5, 0.6) is 0 Å². The molecule has 1 aromatic rings. The van der Waals surface area contributed by atoms with Crippen LogP contribution in [-0.2, 0) is 11.3 Å². The van der Waals surface area contributed by atoms with Gasteiger partial charge in [-0.05, 0) is 38.7 Å². The van der Waals surface area contributed by atoms with E-state index in [4.69, 9.17) is 4.74 Å².